The summed E-state index contributed by atoms with van der Waals surface area (Å²) in [4.78, 5) is 3.20. The molecule has 80 valence electrons. The third-order valence-electron chi connectivity index (χ3n) is 2.90. The van der Waals surface area contributed by atoms with Crippen molar-refractivity contribution in [1.29, 1.82) is 0 Å². The molecule has 0 unspecified atom stereocenters. The van der Waals surface area contributed by atoms with Crippen LogP contribution in [-0.4, -0.2) is 4.98 Å². The van der Waals surface area contributed by atoms with Crippen molar-refractivity contribution in [3.63, 3.8) is 0 Å². The van der Waals surface area contributed by atoms with Gasteiger partial charge >= 0.3 is 0 Å². The first-order chi connectivity index (χ1) is 7.15. The van der Waals surface area contributed by atoms with E-state index in [2.05, 4.69) is 18.8 Å². The third kappa shape index (κ3) is 1.54. The van der Waals surface area contributed by atoms with Crippen molar-refractivity contribution < 1.29 is 4.39 Å². The van der Waals surface area contributed by atoms with E-state index < -0.39 is 0 Å². The number of aromatic amines is 1. The summed E-state index contributed by atoms with van der Waals surface area (Å²) < 4.78 is 13.6. The summed E-state index contributed by atoms with van der Waals surface area (Å²) in [6.45, 7) is 6.26. The van der Waals surface area contributed by atoms with E-state index in [0.717, 1.165) is 22.9 Å². The Balaban J connectivity index is 2.80. The fourth-order valence-electron chi connectivity index (χ4n) is 2.10. The highest BCUT2D eigenvalue weighted by atomic mass is 19.1. The van der Waals surface area contributed by atoms with Gasteiger partial charge in [0.25, 0.3) is 0 Å². The summed E-state index contributed by atoms with van der Waals surface area (Å²) in [7, 11) is 0. The quantitative estimate of drug-likeness (QED) is 0.763. The van der Waals surface area contributed by atoms with Crippen LogP contribution in [0.5, 0.6) is 0 Å². The second-order valence-corrected chi connectivity index (χ2v) is 4.20. The standard InChI is InChI=1S/C13H16FN/c1-4-9-11(14)5-6-12-13(9)10(7-15-12)8(2)3/h5-8,15H,4H2,1-3H3. The molecule has 0 aliphatic heterocycles. The van der Waals surface area contributed by atoms with Crippen LogP contribution in [0.3, 0.4) is 0 Å². The molecule has 1 N–H and O–H groups in total. The van der Waals surface area contributed by atoms with Crippen LogP contribution < -0.4 is 0 Å². The fraction of sp³-hybridized carbons (Fsp3) is 0.385. The molecule has 0 aliphatic carbocycles. The van der Waals surface area contributed by atoms with Crippen molar-refractivity contribution in [3.05, 3.63) is 35.3 Å². The molecule has 2 aromatic rings. The summed E-state index contributed by atoms with van der Waals surface area (Å²) in [6.07, 6.45) is 2.73. The predicted octanol–water partition coefficient (Wildman–Crippen LogP) is 3.99. The molecule has 1 aromatic carbocycles. The minimum Gasteiger partial charge on any atom is -0.361 e. The number of hydrogen-bond acceptors (Lipinski definition) is 0. The number of aromatic nitrogens is 1. The van der Waals surface area contributed by atoms with E-state index in [4.69, 9.17) is 0 Å². The Kier molecular flexibility index (Phi) is 2.51. The van der Waals surface area contributed by atoms with E-state index in [9.17, 15) is 4.39 Å². The molecule has 2 rings (SSSR count). The van der Waals surface area contributed by atoms with Crippen molar-refractivity contribution in [2.75, 3.05) is 0 Å². The number of aryl methyl sites for hydroxylation is 1. The zero-order valence-corrected chi connectivity index (χ0v) is 9.39. The Morgan fingerprint density at radius 2 is 2.07 bits per heavy atom. The Hall–Kier alpha value is -1.31. The van der Waals surface area contributed by atoms with Crippen LogP contribution in [0, 0.1) is 5.82 Å². The minimum atomic E-state index is -0.0912. The van der Waals surface area contributed by atoms with Gasteiger partial charge in [-0.25, -0.2) is 4.39 Å². The van der Waals surface area contributed by atoms with E-state index in [1.165, 1.54) is 5.56 Å². The number of nitrogens with one attached hydrogen (secondary N) is 1. The van der Waals surface area contributed by atoms with Crippen molar-refractivity contribution in [2.45, 2.75) is 33.1 Å². The Bertz CT molecular complexity index is 482. The molecule has 2 heteroatoms. The predicted molar refractivity (Wildman–Crippen MR) is 61.7 cm³/mol. The molecule has 0 fully saturated rings. The van der Waals surface area contributed by atoms with Crippen molar-refractivity contribution >= 4 is 10.9 Å². The summed E-state index contributed by atoms with van der Waals surface area (Å²) in [6, 6.07) is 3.36. The lowest BCUT2D eigenvalue weighted by molar-refractivity contribution is 0.615. The van der Waals surface area contributed by atoms with Crippen LogP contribution in [0.15, 0.2) is 18.3 Å². The second kappa shape index (κ2) is 3.69. The van der Waals surface area contributed by atoms with Crippen molar-refractivity contribution in [1.82, 2.24) is 4.98 Å². The van der Waals surface area contributed by atoms with Gasteiger partial charge in [-0.05, 0) is 35.6 Å². The van der Waals surface area contributed by atoms with E-state index in [1.807, 2.05) is 19.2 Å². The van der Waals surface area contributed by atoms with E-state index >= 15 is 0 Å². The summed E-state index contributed by atoms with van der Waals surface area (Å²) in [5, 5.41) is 1.08. The number of halogens is 1. The molecule has 0 saturated heterocycles. The lowest BCUT2D eigenvalue weighted by Crippen LogP contribution is -1.92. The van der Waals surface area contributed by atoms with Gasteiger partial charge in [0, 0.05) is 17.1 Å². The van der Waals surface area contributed by atoms with Crippen LogP contribution in [0.4, 0.5) is 4.39 Å². The van der Waals surface area contributed by atoms with Crippen molar-refractivity contribution in [3.8, 4) is 0 Å². The molecule has 1 nitrogen and oxygen atoms in total. The average Bonchev–Trinajstić information content (AvgIpc) is 2.61. The maximum Gasteiger partial charge on any atom is 0.127 e. The van der Waals surface area contributed by atoms with Gasteiger partial charge in [-0.1, -0.05) is 20.8 Å². The van der Waals surface area contributed by atoms with Gasteiger partial charge in [0.1, 0.15) is 5.82 Å². The monoisotopic (exact) mass is 205 g/mol. The highest BCUT2D eigenvalue weighted by molar-refractivity contribution is 5.87. The molecule has 1 heterocycles. The smallest absolute Gasteiger partial charge is 0.127 e. The van der Waals surface area contributed by atoms with Gasteiger partial charge in [0.15, 0.2) is 0 Å². The summed E-state index contributed by atoms with van der Waals surface area (Å²) in [5.41, 5.74) is 3.08. The Labute approximate surface area is 89.3 Å². The minimum absolute atomic E-state index is 0.0912. The molecule has 0 saturated carbocycles. The largest absolute Gasteiger partial charge is 0.361 e. The number of fused-ring (bicyclic) bond motifs is 1. The molecule has 0 atom stereocenters. The molecule has 0 amide bonds. The van der Waals surface area contributed by atoms with Crippen LogP contribution in [0.1, 0.15) is 37.8 Å². The lowest BCUT2D eigenvalue weighted by atomic mass is 9.97. The number of rotatable bonds is 2. The zero-order valence-electron chi connectivity index (χ0n) is 9.39. The lowest BCUT2D eigenvalue weighted by Gasteiger charge is -2.07. The third-order valence-corrected chi connectivity index (χ3v) is 2.90. The topological polar surface area (TPSA) is 15.8 Å². The normalized spacial score (nSPS) is 11.5. The van der Waals surface area contributed by atoms with Crippen LogP contribution in [-0.2, 0) is 6.42 Å². The zero-order chi connectivity index (χ0) is 11.0. The SMILES string of the molecule is CCc1c(F)ccc2[nH]cc(C(C)C)c12. The molecule has 15 heavy (non-hydrogen) atoms. The van der Waals surface area contributed by atoms with E-state index in [-0.39, 0.29) is 5.82 Å². The molecule has 0 spiro atoms. The van der Waals surface area contributed by atoms with Gasteiger partial charge < -0.3 is 4.98 Å². The van der Waals surface area contributed by atoms with E-state index in [1.54, 1.807) is 6.07 Å². The fourth-order valence-corrected chi connectivity index (χ4v) is 2.10. The van der Waals surface area contributed by atoms with E-state index in [0.29, 0.717) is 5.92 Å². The average molecular weight is 205 g/mol. The molecule has 0 aliphatic rings. The van der Waals surface area contributed by atoms with Gasteiger partial charge in [0.05, 0.1) is 0 Å². The van der Waals surface area contributed by atoms with Crippen LogP contribution in [0.25, 0.3) is 10.9 Å². The van der Waals surface area contributed by atoms with Crippen LogP contribution >= 0.6 is 0 Å². The Morgan fingerprint density at radius 1 is 1.33 bits per heavy atom. The van der Waals surface area contributed by atoms with Crippen LogP contribution in [0.2, 0.25) is 0 Å². The van der Waals surface area contributed by atoms with Gasteiger partial charge in [-0.15, -0.1) is 0 Å². The first-order valence-electron chi connectivity index (χ1n) is 5.43. The second-order valence-electron chi connectivity index (χ2n) is 4.20. The first-order valence-corrected chi connectivity index (χ1v) is 5.43. The maximum absolute atomic E-state index is 13.6. The van der Waals surface area contributed by atoms with Gasteiger partial charge in [-0.2, -0.15) is 0 Å². The van der Waals surface area contributed by atoms with Gasteiger partial charge in [-0.3, -0.25) is 0 Å². The van der Waals surface area contributed by atoms with Crippen molar-refractivity contribution in [2.24, 2.45) is 0 Å². The molecular weight excluding hydrogens is 189 g/mol. The molecular formula is C13H16FN. The molecule has 0 radical (unpaired) electrons. The number of benzene rings is 1. The Morgan fingerprint density at radius 3 is 2.67 bits per heavy atom. The molecule has 0 bridgehead atoms. The maximum atomic E-state index is 13.6. The highest BCUT2D eigenvalue weighted by Crippen LogP contribution is 2.29. The number of hydrogen-bond donors (Lipinski definition) is 1. The number of H-pyrrole nitrogens is 1. The first kappa shape index (κ1) is 10.2. The highest BCUT2D eigenvalue weighted by Gasteiger charge is 2.13. The van der Waals surface area contributed by atoms with Gasteiger partial charge in [0.2, 0.25) is 0 Å². The molecule has 1 aromatic heterocycles. The summed E-state index contributed by atoms with van der Waals surface area (Å²) >= 11 is 0. The summed E-state index contributed by atoms with van der Waals surface area (Å²) in [5.74, 6) is 0.331.